The highest BCUT2D eigenvalue weighted by molar-refractivity contribution is 9.10. The van der Waals surface area contributed by atoms with Crippen molar-refractivity contribution in [1.29, 1.82) is 0 Å². The van der Waals surface area contributed by atoms with Gasteiger partial charge in [-0.25, -0.2) is 4.98 Å². The highest BCUT2D eigenvalue weighted by Crippen LogP contribution is 2.22. The third kappa shape index (κ3) is 2.42. The maximum Gasteiger partial charge on any atom is 0.256 e. The largest absolute Gasteiger partial charge is 0.306 e. The van der Waals surface area contributed by atoms with Crippen LogP contribution in [0.2, 0.25) is 0 Å². The fraction of sp³-hybridized carbons (Fsp3) is 0.0714. The van der Waals surface area contributed by atoms with Crippen LogP contribution in [0.4, 0.5) is 5.82 Å². The fourth-order valence-corrected chi connectivity index (χ4v) is 2.27. The van der Waals surface area contributed by atoms with Crippen molar-refractivity contribution in [3.05, 3.63) is 52.1 Å². The molecule has 1 aromatic carbocycles. The second-order valence-electron chi connectivity index (χ2n) is 4.45. The maximum absolute atomic E-state index is 12.2. The number of amides is 1. The fourth-order valence-electron chi connectivity index (χ4n) is 1.94. The number of H-pyrrole nitrogens is 1. The normalized spacial score (nSPS) is 10.7. The summed E-state index contributed by atoms with van der Waals surface area (Å²) in [6, 6.07) is 9.27. The van der Waals surface area contributed by atoms with Crippen LogP contribution in [0, 0.1) is 6.92 Å². The number of nitrogens with one attached hydrogen (secondary N) is 2. The van der Waals surface area contributed by atoms with Crippen molar-refractivity contribution < 1.29 is 4.79 Å². The van der Waals surface area contributed by atoms with Crippen LogP contribution in [0.15, 0.2) is 41.0 Å². The summed E-state index contributed by atoms with van der Waals surface area (Å²) in [7, 11) is 0. The van der Waals surface area contributed by atoms with Crippen LogP contribution in [0.3, 0.4) is 0 Å². The third-order valence-corrected chi connectivity index (χ3v) is 3.33. The highest BCUT2D eigenvalue weighted by atomic mass is 79.9. The minimum Gasteiger partial charge on any atom is -0.306 e. The van der Waals surface area contributed by atoms with Crippen LogP contribution in [-0.2, 0) is 0 Å². The molecule has 1 amide bonds. The first kappa shape index (κ1) is 12.8. The molecule has 0 saturated carbocycles. The number of hydrogen-bond acceptors (Lipinski definition) is 3. The number of nitrogens with zero attached hydrogens (tertiary/aromatic N) is 2. The topological polar surface area (TPSA) is 70.7 Å². The van der Waals surface area contributed by atoms with Gasteiger partial charge in [0.15, 0.2) is 5.65 Å². The maximum atomic E-state index is 12.2. The van der Waals surface area contributed by atoms with Crippen molar-refractivity contribution in [2.45, 2.75) is 6.92 Å². The Hall–Kier alpha value is -2.21. The van der Waals surface area contributed by atoms with Gasteiger partial charge in [0.05, 0.1) is 5.39 Å². The van der Waals surface area contributed by atoms with E-state index in [-0.39, 0.29) is 5.91 Å². The van der Waals surface area contributed by atoms with Crippen molar-refractivity contribution in [3.63, 3.8) is 0 Å². The van der Waals surface area contributed by atoms with Crippen LogP contribution in [0.5, 0.6) is 0 Å². The number of pyridine rings is 1. The Kier molecular flexibility index (Phi) is 3.23. The Morgan fingerprint density at radius 1 is 1.35 bits per heavy atom. The molecule has 3 rings (SSSR count). The van der Waals surface area contributed by atoms with Crippen LogP contribution in [0.1, 0.15) is 15.9 Å². The van der Waals surface area contributed by atoms with Crippen LogP contribution in [-0.4, -0.2) is 21.1 Å². The minimum atomic E-state index is -0.181. The van der Waals surface area contributed by atoms with Crippen molar-refractivity contribution in [2.24, 2.45) is 0 Å². The molecular weight excluding hydrogens is 320 g/mol. The lowest BCUT2D eigenvalue weighted by atomic mass is 10.1. The number of aromatic nitrogens is 3. The molecule has 20 heavy (non-hydrogen) atoms. The zero-order valence-corrected chi connectivity index (χ0v) is 12.2. The molecule has 2 N–H and O–H groups in total. The first-order chi connectivity index (χ1) is 9.63. The van der Waals surface area contributed by atoms with Crippen LogP contribution in [0.25, 0.3) is 11.0 Å². The number of fused-ring (bicyclic) bond motifs is 1. The van der Waals surface area contributed by atoms with Gasteiger partial charge in [0.2, 0.25) is 0 Å². The Morgan fingerprint density at radius 3 is 3.00 bits per heavy atom. The molecule has 0 unspecified atom stereocenters. The number of carbonyl (C=O) groups excluding carboxylic acids is 1. The molecule has 100 valence electrons. The Bertz CT molecular complexity index is 797. The molecule has 0 bridgehead atoms. The molecule has 0 aliphatic carbocycles. The smallest absolute Gasteiger partial charge is 0.256 e. The average Bonchev–Trinajstić information content (AvgIpc) is 2.81. The second kappa shape index (κ2) is 5.05. The molecule has 5 nitrogen and oxygen atoms in total. The van der Waals surface area contributed by atoms with Gasteiger partial charge >= 0.3 is 0 Å². The summed E-state index contributed by atoms with van der Waals surface area (Å²) in [6.07, 6.45) is 1.66. The van der Waals surface area contributed by atoms with Crippen molar-refractivity contribution in [1.82, 2.24) is 15.2 Å². The molecule has 0 aliphatic heterocycles. The Labute approximate surface area is 123 Å². The number of aryl methyl sites for hydroxylation is 1. The predicted molar refractivity (Wildman–Crippen MR) is 80.7 cm³/mol. The monoisotopic (exact) mass is 330 g/mol. The molecule has 0 atom stereocenters. The lowest BCUT2D eigenvalue weighted by molar-refractivity contribution is 0.102. The van der Waals surface area contributed by atoms with E-state index >= 15 is 0 Å². The van der Waals surface area contributed by atoms with Gasteiger partial charge in [-0.1, -0.05) is 17.7 Å². The molecule has 0 spiro atoms. The third-order valence-electron chi connectivity index (χ3n) is 2.90. The molecule has 0 radical (unpaired) electrons. The molecular formula is C14H11BrN4O. The van der Waals surface area contributed by atoms with Crippen LogP contribution < -0.4 is 5.32 Å². The summed E-state index contributed by atoms with van der Waals surface area (Å²) in [4.78, 5) is 16.4. The molecule has 0 fully saturated rings. The molecule has 0 saturated heterocycles. The summed E-state index contributed by atoms with van der Waals surface area (Å²) in [6.45, 7) is 1.95. The van der Waals surface area contributed by atoms with Gasteiger partial charge in [0.25, 0.3) is 5.91 Å². The minimum absolute atomic E-state index is 0.181. The van der Waals surface area contributed by atoms with Crippen molar-refractivity contribution in [2.75, 3.05) is 5.32 Å². The lowest BCUT2D eigenvalue weighted by Gasteiger charge is -2.04. The number of benzene rings is 1. The predicted octanol–water partition coefficient (Wildman–Crippen LogP) is 3.28. The van der Waals surface area contributed by atoms with E-state index in [1.54, 1.807) is 12.3 Å². The van der Waals surface area contributed by atoms with Gasteiger partial charge in [-0.2, -0.15) is 5.10 Å². The molecule has 0 aliphatic rings. The zero-order chi connectivity index (χ0) is 14.1. The molecule has 3 aromatic rings. The number of aromatic amines is 1. The summed E-state index contributed by atoms with van der Waals surface area (Å²) in [5, 5.41) is 10.4. The number of rotatable bonds is 2. The van der Waals surface area contributed by atoms with Gasteiger partial charge in [0.1, 0.15) is 5.82 Å². The van der Waals surface area contributed by atoms with E-state index < -0.39 is 0 Å². The Balaban J connectivity index is 1.93. The van der Waals surface area contributed by atoms with Gasteiger partial charge in [-0.3, -0.25) is 9.89 Å². The number of anilines is 1. The van der Waals surface area contributed by atoms with E-state index in [2.05, 4.69) is 36.4 Å². The van der Waals surface area contributed by atoms with E-state index in [4.69, 9.17) is 0 Å². The van der Waals surface area contributed by atoms with Gasteiger partial charge < -0.3 is 5.32 Å². The number of carbonyl (C=O) groups is 1. The first-order valence-corrected chi connectivity index (χ1v) is 6.80. The van der Waals surface area contributed by atoms with Crippen molar-refractivity contribution in [3.8, 4) is 0 Å². The summed E-state index contributed by atoms with van der Waals surface area (Å²) in [5.74, 6) is 0.361. The Morgan fingerprint density at radius 2 is 2.20 bits per heavy atom. The molecule has 2 heterocycles. The lowest BCUT2D eigenvalue weighted by Crippen LogP contribution is -2.12. The van der Waals surface area contributed by atoms with Gasteiger partial charge in [-0.05, 0) is 41.1 Å². The van der Waals surface area contributed by atoms with E-state index in [0.717, 1.165) is 15.4 Å². The quantitative estimate of drug-likeness (QED) is 0.757. The zero-order valence-electron chi connectivity index (χ0n) is 10.6. The average molecular weight is 331 g/mol. The van der Waals surface area contributed by atoms with E-state index in [1.165, 1.54) is 0 Å². The van der Waals surface area contributed by atoms with E-state index in [9.17, 15) is 4.79 Å². The van der Waals surface area contributed by atoms with Gasteiger partial charge in [-0.15, -0.1) is 0 Å². The first-order valence-electron chi connectivity index (χ1n) is 6.01. The van der Waals surface area contributed by atoms with E-state index in [0.29, 0.717) is 17.0 Å². The highest BCUT2D eigenvalue weighted by Gasteiger charge is 2.11. The SMILES string of the molecule is Cc1cccc(C(=O)Nc2[nH]nc3ncc(Br)cc23)c1. The summed E-state index contributed by atoms with van der Waals surface area (Å²) < 4.78 is 0.831. The molecule has 6 heteroatoms. The van der Waals surface area contributed by atoms with Crippen LogP contribution >= 0.6 is 15.9 Å². The van der Waals surface area contributed by atoms with Gasteiger partial charge in [0, 0.05) is 16.2 Å². The molecule has 2 aromatic heterocycles. The summed E-state index contributed by atoms with van der Waals surface area (Å²) in [5.41, 5.74) is 2.21. The number of halogens is 1. The number of hydrogen-bond donors (Lipinski definition) is 2. The summed E-state index contributed by atoms with van der Waals surface area (Å²) >= 11 is 3.36. The van der Waals surface area contributed by atoms with E-state index in [1.807, 2.05) is 31.2 Å². The van der Waals surface area contributed by atoms with Crippen molar-refractivity contribution >= 4 is 38.7 Å². The standard InChI is InChI=1S/C14H11BrN4O/c1-8-3-2-4-9(5-8)14(20)17-13-11-6-10(15)7-16-12(11)18-19-13/h2-7H,1H3,(H2,16,17,18,19,20). The second-order valence-corrected chi connectivity index (χ2v) is 5.36.